The van der Waals surface area contributed by atoms with Crippen molar-refractivity contribution in [1.29, 1.82) is 0 Å². The number of unbranched alkanes of at least 4 members (excludes halogenated alkanes) is 1. The van der Waals surface area contributed by atoms with Crippen LogP contribution in [0, 0.1) is 0 Å². The van der Waals surface area contributed by atoms with Crippen LogP contribution in [-0.4, -0.2) is 27.6 Å². The minimum absolute atomic E-state index is 0.132. The van der Waals surface area contributed by atoms with E-state index in [-0.39, 0.29) is 11.7 Å². The zero-order chi connectivity index (χ0) is 14.3. The van der Waals surface area contributed by atoms with Crippen LogP contribution in [0.4, 0.5) is 0 Å². The van der Waals surface area contributed by atoms with Crippen LogP contribution >= 0.6 is 0 Å². The number of aliphatic hydroxyl groups excluding tert-OH is 1. The van der Waals surface area contributed by atoms with E-state index in [0.29, 0.717) is 28.4 Å². The second-order valence-corrected chi connectivity index (χ2v) is 5.13. The van der Waals surface area contributed by atoms with Gasteiger partial charge in [0, 0.05) is 28.4 Å². The molecule has 1 aliphatic heterocycles. The third-order valence-electron chi connectivity index (χ3n) is 3.87. The molecule has 4 heteroatoms. The zero-order valence-electron chi connectivity index (χ0n) is 11.3. The first-order valence-corrected chi connectivity index (χ1v) is 6.88. The summed E-state index contributed by atoms with van der Waals surface area (Å²) in [5, 5.41) is 21.6. The molecule has 20 heavy (non-hydrogen) atoms. The Morgan fingerprint density at radius 2 is 2.05 bits per heavy atom. The van der Waals surface area contributed by atoms with Crippen LogP contribution in [0.15, 0.2) is 30.3 Å². The number of benzene rings is 2. The minimum Gasteiger partial charge on any atom is -0.507 e. The van der Waals surface area contributed by atoms with Gasteiger partial charge in [-0.05, 0) is 18.6 Å². The summed E-state index contributed by atoms with van der Waals surface area (Å²) in [6, 6.07) is 8.53. The Labute approximate surface area is 117 Å². The molecular formula is C16H17NO3. The highest BCUT2D eigenvalue weighted by atomic mass is 16.3. The van der Waals surface area contributed by atoms with Gasteiger partial charge in [0.15, 0.2) is 6.23 Å². The van der Waals surface area contributed by atoms with Gasteiger partial charge in [-0.3, -0.25) is 4.79 Å². The third-order valence-corrected chi connectivity index (χ3v) is 3.87. The lowest BCUT2D eigenvalue weighted by Crippen LogP contribution is -2.38. The van der Waals surface area contributed by atoms with E-state index < -0.39 is 6.23 Å². The first kappa shape index (κ1) is 12.9. The molecule has 0 spiro atoms. The number of aromatic hydroxyl groups is 1. The predicted molar refractivity (Wildman–Crippen MR) is 76.5 cm³/mol. The van der Waals surface area contributed by atoms with Crippen molar-refractivity contribution in [2.24, 2.45) is 0 Å². The fourth-order valence-electron chi connectivity index (χ4n) is 2.80. The standard InChI is InChI=1S/C16H17NO3/c1-2-3-9-17-15(19)11-6-4-5-10-13(18)8-7-12(14(10)11)16(17)20/h4-8,16,18,20H,2-3,9H2,1H3. The molecule has 3 rings (SSSR count). The van der Waals surface area contributed by atoms with Crippen molar-refractivity contribution >= 4 is 16.7 Å². The van der Waals surface area contributed by atoms with Gasteiger partial charge >= 0.3 is 0 Å². The number of carbonyl (C=O) groups is 1. The summed E-state index contributed by atoms with van der Waals surface area (Å²) < 4.78 is 0. The summed E-state index contributed by atoms with van der Waals surface area (Å²) in [5.41, 5.74) is 1.24. The fourth-order valence-corrected chi connectivity index (χ4v) is 2.80. The summed E-state index contributed by atoms with van der Waals surface area (Å²) >= 11 is 0. The van der Waals surface area contributed by atoms with Crippen molar-refractivity contribution in [3.63, 3.8) is 0 Å². The molecule has 0 radical (unpaired) electrons. The Morgan fingerprint density at radius 1 is 1.25 bits per heavy atom. The van der Waals surface area contributed by atoms with Crippen molar-refractivity contribution in [2.45, 2.75) is 26.0 Å². The van der Waals surface area contributed by atoms with E-state index in [1.165, 1.54) is 4.90 Å². The average molecular weight is 271 g/mol. The second kappa shape index (κ2) is 4.80. The van der Waals surface area contributed by atoms with Crippen molar-refractivity contribution in [3.8, 4) is 5.75 Å². The maximum Gasteiger partial charge on any atom is 0.256 e. The largest absolute Gasteiger partial charge is 0.507 e. The van der Waals surface area contributed by atoms with E-state index in [0.717, 1.165) is 12.8 Å². The van der Waals surface area contributed by atoms with Gasteiger partial charge in [-0.2, -0.15) is 0 Å². The SMILES string of the molecule is CCCCN1C(=O)c2cccc3c(O)ccc(c23)C1O. The molecule has 1 unspecified atom stereocenters. The van der Waals surface area contributed by atoms with Crippen LogP contribution in [0.5, 0.6) is 5.75 Å². The molecule has 4 nitrogen and oxygen atoms in total. The number of rotatable bonds is 3. The average Bonchev–Trinajstić information content (AvgIpc) is 2.46. The van der Waals surface area contributed by atoms with Crippen LogP contribution in [0.3, 0.4) is 0 Å². The van der Waals surface area contributed by atoms with E-state index >= 15 is 0 Å². The number of carbonyl (C=O) groups excluding carboxylic acids is 1. The van der Waals surface area contributed by atoms with Gasteiger partial charge in [0.2, 0.25) is 0 Å². The Balaban J connectivity index is 2.20. The summed E-state index contributed by atoms with van der Waals surface area (Å²) in [5.74, 6) is -0.0396. The van der Waals surface area contributed by atoms with E-state index in [1.54, 1.807) is 30.3 Å². The van der Waals surface area contributed by atoms with E-state index in [2.05, 4.69) is 0 Å². The summed E-state index contributed by atoms with van der Waals surface area (Å²) in [6.45, 7) is 2.58. The van der Waals surface area contributed by atoms with Crippen molar-refractivity contribution in [1.82, 2.24) is 4.90 Å². The number of amides is 1. The Kier molecular flexibility index (Phi) is 3.10. The monoisotopic (exact) mass is 271 g/mol. The third kappa shape index (κ3) is 1.76. The molecule has 0 saturated carbocycles. The molecule has 0 fully saturated rings. The highest BCUT2D eigenvalue weighted by Crippen LogP contribution is 2.39. The Morgan fingerprint density at radius 3 is 2.80 bits per heavy atom. The quantitative estimate of drug-likeness (QED) is 0.902. The molecule has 0 aliphatic carbocycles. The molecule has 1 atom stereocenters. The van der Waals surface area contributed by atoms with Crippen LogP contribution < -0.4 is 0 Å². The van der Waals surface area contributed by atoms with Gasteiger partial charge in [-0.15, -0.1) is 0 Å². The molecule has 1 heterocycles. The molecule has 0 bridgehead atoms. The number of phenolic OH excluding ortho intramolecular Hbond substituents is 1. The van der Waals surface area contributed by atoms with Crippen molar-refractivity contribution in [3.05, 3.63) is 41.5 Å². The predicted octanol–water partition coefficient (Wildman–Crippen LogP) is 2.79. The maximum absolute atomic E-state index is 12.5. The molecule has 0 aromatic heterocycles. The van der Waals surface area contributed by atoms with Gasteiger partial charge in [0.25, 0.3) is 5.91 Å². The molecule has 1 amide bonds. The van der Waals surface area contributed by atoms with Crippen LogP contribution in [0.2, 0.25) is 0 Å². The van der Waals surface area contributed by atoms with E-state index in [1.807, 2.05) is 6.92 Å². The first-order chi connectivity index (χ1) is 9.65. The van der Waals surface area contributed by atoms with Gasteiger partial charge in [0.05, 0.1) is 0 Å². The number of phenols is 1. The van der Waals surface area contributed by atoms with Crippen LogP contribution in [0.25, 0.3) is 10.8 Å². The summed E-state index contributed by atoms with van der Waals surface area (Å²) in [4.78, 5) is 14.0. The minimum atomic E-state index is -0.938. The maximum atomic E-state index is 12.5. The highest BCUT2D eigenvalue weighted by Gasteiger charge is 2.32. The van der Waals surface area contributed by atoms with Crippen LogP contribution in [-0.2, 0) is 0 Å². The lowest BCUT2D eigenvalue weighted by molar-refractivity contribution is 0.00439. The van der Waals surface area contributed by atoms with Gasteiger partial charge in [-0.1, -0.05) is 31.5 Å². The first-order valence-electron chi connectivity index (χ1n) is 6.88. The van der Waals surface area contributed by atoms with Gasteiger partial charge in [-0.25, -0.2) is 0 Å². The number of aliphatic hydroxyl groups is 1. The van der Waals surface area contributed by atoms with Crippen molar-refractivity contribution in [2.75, 3.05) is 6.54 Å². The Bertz CT molecular complexity index is 681. The smallest absolute Gasteiger partial charge is 0.256 e. The molecule has 2 aromatic carbocycles. The Hall–Kier alpha value is -2.07. The summed E-state index contributed by atoms with van der Waals surface area (Å²) in [7, 11) is 0. The lowest BCUT2D eigenvalue weighted by Gasteiger charge is -2.33. The van der Waals surface area contributed by atoms with Crippen molar-refractivity contribution < 1.29 is 15.0 Å². The topological polar surface area (TPSA) is 60.8 Å². The molecule has 104 valence electrons. The van der Waals surface area contributed by atoms with Gasteiger partial charge < -0.3 is 15.1 Å². The molecule has 1 aliphatic rings. The second-order valence-electron chi connectivity index (χ2n) is 5.13. The van der Waals surface area contributed by atoms with Crippen LogP contribution in [0.1, 0.15) is 41.9 Å². The number of hydrogen-bond acceptors (Lipinski definition) is 3. The lowest BCUT2D eigenvalue weighted by atomic mass is 9.93. The highest BCUT2D eigenvalue weighted by molar-refractivity contribution is 6.11. The fraction of sp³-hybridized carbons (Fsp3) is 0.312. The molecule has 0 saturated heterocycles. The molecular weight excluding hydrogens is 254 g/mol. The summed E-state index contributed by atoms with van der Waals surface area (Å²) in [6.07, 6.45) is 0.877. The number of nitrogens with zero attached hydrogens (tertiary/aromatic N) is 1. The molecule has 2 N–H and O–H groups in total. The number of hydrogen-bond donors (Lipinski definition) is 2. The van der Waals surface area contributed by atoms with Gasteiger partial charge in [0.1, 0.15) is 5.75 Å². The van der Waals surface area contributed by atoms with E-state index in [9.17, 15) is 15.0 Å². The van der Waals surface area contributed by atoms with E-state index in [4.69, 9.17) is 0 Å². The molecule has 2 aromatic rings. The zero-order valence-corrected chi connectivity index (χ0v) is 11.3. The normalized spacial score (nSPS) is 17.8.